The van der Waals surface area contributed by atoms with Crippen LogP contribution < -0.4 is 10.2 Å². The van der Waals surface area contributed by atoms with E-state index in [0.29, 0.717) is 38.4 Å². The van der Waals surface area contributed by atoms with E-state index >= 15 is 0 Å². The minimum atomic E-state index is -4.38. The van der Waals surface area contributed by atoms with Gasteiger partial charge in [-0.2, -0.15) is 13.2 Å². The van der Waals surface area contributed by atoms with E-state index in [4.69, 9.17) is 0 Å². The molecule has 6 nitrogen and oxygen atoms in total. The summed E-state index contributed by atoms with van der Waals surface area (Å²) in [6.45, 7) is 2.47. The summed E-state index contributed by atoms with van der Waals surface area (Å²) in [5.41, 5.74) is 0.835. The standard InChI is InChI=1S/C23H27F3N4O2/c1-28(17-18-6-3-2-4-7-18)22(32)27-11-10-21(31)30-14-12-29(13-15-30)20-9-5-8-19(16-20)23(24,25)26/h2-9,16H,10-15,17H2,1H3,(H,27,32). The minimum Gasteiger partial charge on any atom is -0.368 e. The molecule has 0 unspecified atom stereocenters. The molecule has 0 spiro atoms. The lowest BCUT2D eigenvalue weighted by Crippen LogP contribution is -2.49. The van der Waals surface area contributed by atoms with Gasteiger partial charge in [0.2, 0.25) is 5.91 Å². The zero-order chi connectivity index (χ0) is 23.1. The molecule has 0 radical (unpaired) electrons. The second kappa shape index (κ2) is 10.4. The maximum absolute atomic E-state index is 12.9. The molecule has 3 rings (SSSR count). The Labute approximate surface area is 185 Å². The lowest BCUT2D eigenvalue weighted by Gasteiger charge is -2.36. The quantitative estimate of drug-likeness (QED) is 0.735. The van der Waals surface area contributed by atoms with Crippen molar-refractivity contribution in [2.45, 2.75) is 19.1 Å². The number of hydrogen-bond donors (Lipinski definition) is 1. The minimum absolute atomic E-state index is 0.0836. The molecule has 1 saturated heterocycles. The molecule has 0 bridgehead atoms. The summed E-state index contributed by atoms with van der Waals surface area (Å²) in [5, 5.41) is 2.75. The van der Waals surface area contributed by atoms with Gasteiger partial charge in [0.15, 0.2) is 0 Å². The van der Waals surface area contributed by atoms with Crippen LogP contribution in [0.4, 0.5) is 23.7 Å². The maximum atomic E-state index is 12.9. The van der Waals surface area contributed by atoms with Crippen molar-refractivity contribution in [1.82, 2.24) is 15.1 Å². The monoisotopic (exact) mass is 448 g/mol. The van der Waals surface area contributed by atoms with Gasteiger partial charge >= 0.3 is 12.2 Å². The summed E-state index contributed by atoms with van der Waals surface area (Å²) in [6.07, 6.45) is -4.21. The molecule has 9 heteroatoms. The number of hydrogen-bond acceptors (Lipinski definition) is 3. The average Bonchev–Trinajstić information content (AvgIpc) is 2.79. The van der Waals surface area contributed by atoms with Gasteiger partial charge in [0.05, 0.1) is 5.56 Å². The zero-order valence-electron chi connectivity index (χ0n) is 17.9. The number of anilines is 1. The summed E-state index contributed by atoms with van der Waals surface area (Å²) < 4.78 is 38.8. The van der Waals surface area contributed by atoms with Crippen molar-refractivity contribution in [3.63, 3.8) is 0 Å². The van der Waals surface area contributed by atoms with E-state index in [9.17, 15) is 22.8 Å². The molecule has 1 aliphatic rings. The fourth-order valence-electron chi connectivity index (χ4n) is 3.59. The molecular formula is C23H27F3N4O2. The van der Waals surface area contributed by atoms with Crippen LogP contribution in [0.15, 0.2) is 54.6 Å². The van der Waals surface area contributed by atoms with Gasteiger partial charge in [-0.1, -0.05) is 36.4 Å². The van der Waals surface area contributed by atoms with Crippen LogP contribution in [0.5, 0.6) is 0 Å². The van der Waals surface area contributed by atoms with Gasteiger partial charge in [-0.25, -0.2) is 4.79 Å². The normalized spacial score (nSPS) is 14.2. The number of amides is 3. The van der Waals surface area contributed by atoms with E-state index in [1.165, 1.54) is 6.07 Å². The van der Waals surface area contributed by atoms with E-state index in [1.54, 1.807) is 22.9 Å². The van der Waals surface area contributed by atoms with Crippen molar-refractivity contribution in [3.05, 3.63) is 65.7 Å². The van der Waals surface area contributed by atoms with Gasteiger partial charge in [-0.15, -0.1) is 0 Å². The highest BCUT2D eigenvalue weighted by Crippen LogP contribution is 2.31. The van der Waals surface area contributed by atoms with Crippen LogP contribution in [-0.2, 0) is 17.5 Å². The number of nitrogens with zero attached hydrogens (tertiary/aromatic N) is 3. The van der Waals surface area contributed by atoms with Gasteiger partial charge < -0.3 is 20.0 Å². The largest absolute Gasteiger partial charge is 0.416 e. The summed E-state index contributed by atoms with van der Waals surface area (Å²) in [5.74, 6) is -0.0836. The van der Waals surface area contributed by atoms with Gasteiger partial charge in [0.25, 0.3) is 0 Å². The maximum Gasteiger partial charge on any atom is 0.416 e. The molecule has 2 aromatic rings. The number of rotatable bonds is 6. The fourth-order valence-corrected chi connectivity index (χ4v) is 3.59. The van der Waals surface area contributed by atoms with Crippen LogP contribution in [0.2, 0.25) is 0 Å². The Kier molecular flexibility index (Phi) is 7.61. The Morgan fingerprint density at radius 2 is 1.69 bits per heavy atom. The Morgan fingerprint density at radius 1 is 1.00 bits per heavy atom. The molecule has 0 saturated carbocycles. The van der Waals surface area contributed by atoms with Crippen molar-refractivity contribution < 1.29 is 22.8 Å². The number of carbonyl (C=O) groups is 2. The van der Waals surface area contributed by atoms with E-state index in [-0.39, 0.29) is 24.9 Å². The molecular weight excluding hydrogens is 421 g/mol. The lowest BCUT2D eigenvalue weighted by atomic mass is 10.1. The molecule has 1 fully saturated rings. The molecule has 3 amide bonds. The zero-order valence-corrected chi connectivity index (χ0v) is 17.9. The predicted molar refractivity (Wildman–Crippen MR) is 116 cm³/mol. The van der Waals surface area contributed by atoms with Crippen molar-refractivity contribution in [3.8, 4) is 0 Å². The molecule has 1 heterocycles. The van der Waals surface area contributed by atoms with Gasteiger partial charge in [-0.3, -0.25) is 4.79 Å². The van der Waals surface area contributed by atoms with Crippen LogP contribution in [0, 0.1) is 0 Å². The number of nitrogens with one attached hydrogen (secondary N) is 1. The number of benzene rings is 2. The lowest BCUT2D eigenvalue weighted by molar-refractivity contribution is -0.137. The Bertz CT molecular complexity index is 913. The first-order valence-electron chi connectivity index (χ1n) is 10.5. The highest BCUT2D eigenvalue weighted by atomic mass is 19.4. The highest BCUT2D eigenvalue weighted by Gasteiger charge is 2.31. The van der Waals surface area contributed by atoms with E-state index < -0.39 is 11.7 Å². The molecule has 0 aromatic heterocycles. The van der Waals surface area contributed by atoms with Crippen LogP contribution >= 0.6 is 0 Å². The van der Waals surface area contributed by atoms with Crippen molar-refractivity contribution in [2.24, 2.45) is 0 Å². The van der Waals surface area contributed by atoms with Crippen LogP contribution in [0.3, 0.4) is 0 Å². The fraction of sp³-hybridized carbons (Fsp3) is 0.391. The summed E-state index contributed by atoms with van der Waals surface area (Å²) >= 11 is 0. The molecule has 0 atom stereocenters. The smallest absolute Gasteiger partial charge is 0.368 e. The topological polar surface area (TPSA) is 55.9 Å². The predicted octanol–water partition coefficient (Wildman–Crippen LogP) is 3.59. The number of halogens is 3. The summed E-state index contributed by atoms with van der Waals surface area (Å²) in [4.78, 5) is 29.7. The second-order valence-corrected chi connectivity index (χ2v) is 7.74. The average molecular weight is 448 g/mol. The van der Waals surface area contributed by atoms with Crippen molar-refractivity contribution in [2.75, 3.05) is 44.7 Å². The van der Waals surface area contributed by atoms with Crippen LogP contribution in [0.1, 0.15) is 17.5 Å². The number of alkyl halides is 3. The SMILES string of the molecule is CN(Cc1ccccc1)C(=O)NCCC(=O)N1CCN(c2cccc(C(F)(F)F)c2)CC1. The van der Waals surface area contributed by atoms with Crippen molar-refractivity contribution >= 4 is 17.6 Å². The van der Waals surface area contributed by atoms with Crippen LogP contribution in [-0.4, -0.2) is 61.5 Å². The Hall–Kier alpha value is -3.23. The van der Waals surface area contributed by atoms with Gasteiger partial charge in [-0.05, 0) is 23.8 Å². The first-order chi connectivity index (χ1) is 15.2. The third-order valence-corrected chi connectivity index (χ3v) is 5.40. The summed E-state index contributed by atoms with van der Waals surface area (Å²) in [6, 6.07) is 14.6. The highest BCUT2D eigenvalue weighted by molar-refractivity contribution is 5.78. The molecule has 172 valence electrons. The molecule has 1 aliphatic heterocycles. The van der Waals surface area contributed by atoms with E-state index in [1.807, 2.05) is 35.2 Å². The third kappa shape index (κ3) is 6.38. The van der Waals surface area contributed by atoms with Gasteiger partial charge in [0, 0.05) is 58.4 Å². The van der Waals surface area contributed by atoms with Gasteiger partial charge in [0.1, 0.15) is 0 Å². The number of carbonyl (C=O) groups excluding carboxylic acids is 2. The van der Waals surface area contributed by atoms with E-state index in [2.05, 4.69) is 5.32 Å². The Morgan fingerprint density at radius 3 is 2.34 bits per heavy atom. The molecule has 0 aliphatic carbocycles. The third-order valence-electron chi connectivity index (χ3n) is 5.40. The van der Waals surface area contributed by atoms with Crippen LogP contribution in [0.25, 0.3) is 0 Å². The Balaban J connectivity index is 1.40. The molecule has 1 N–H and O–H groups in total. The van der Waals surface area contributed by atoms with Crippen molar-refractivity contribution in [1.29, 1.82) is 0 Å². The molecule has 32 heavy (non-hydrogen) atoms. The van der Waals surface area contributed by atoms with E-state index in [0.717, 1.165) is 17.7 Å². The molecule has 2 aromatic carbocycles. The number of urea groups is 1. The first kappa shape index (κ1) is 23.4. The number of piperazine rings is 1. The summed E-state index contributed by atoms with van der Waals surface area (Å²) in [7, 11) is 1.69. The second-order valence-electron chi connectivity index (χ2n) is 7.74. The first-order valence-corrected chi connectivity index (χ1v) is 10.5.